The molecule has 2 heterocycles. The van der Waals surface area contributed by atoms with Gasteiger partial charge in [0.2, 0.25) is 0 Å². The summed E-state index contributed by atoms with van der Waals surface area (Å²) in [6, 6.07) is 17.2. The second-order valence-electron chi connectivity index (χ2n) is 7.88. The van der Waals surface area contributed by atoms with E-state index in [0.717, 1.165) is 11.3 Å². The van der Waals surface area contributed by atoms with Crippen LogP contribution in [0, 0.1) is 5.82 Å². The average molecular weight is 468 g/mol. The van der Waals surface area contributed by atoms with Crippen molar-refractivity contribution in [1.29, 1.82) is 0 Å². The molecule has 2 aromatic carbocycles. The summed E-state index contributed by atoms with van der Waals surface area (Å²) in [5.74, 6) is 1.24. The van der Waals surface area contributed by atoms with Gasteiger partial charge in [-0.3, -0.25) is 9.48 Å². The zero-order valence-corrected chi connectivity index (χ0v) is 19.0. The van der Waals surface area contributed by atoms with Gasteiger partial charge in [-0.2, -0.15) is 5.10 Å². The van der Waals surface area contributed by atoms with Gasteiger partial charge >= 0.3 is 0 Å². The highest BCUT2D eigenvalue weighted by Gasteiger charge is 2.16. The molecule has 4 rings (SSSR count). The number of halogens is 2. The SMILES string of the molecule is CC(C)c1ccc(OCc2ccc(C(=O)Nc3nn(Cc4ccc(F)cc4)cc3Cl)o2)cc1. The number of carbonyl (C=O) groups is 1. The smallest absolute Gasteiger partial charge is 0.292 e. The van der Waals surface area contributed by atoms with E-state index in [1.165, 1.54) is 17.7 Å². The van der Waals surface area contributed by atoms with Crippen molar-refractivity contribution in [3.05, 3.63) is 100 Å². The van der Waals surface area contributed by atoms with E-state index in [1.807, 2.05) is 24.3 Å². The molecule has 170 valence electrons. The minimum Gasteiger partial charge on any atom is -0.486 e. The zero-order valence-electron chi connectivity index (χ0n) is 18.2. The predicted molar refractivity (Wildman–Crippen MR) is 124 cm³/mol. The van der Waals surface area contributed by atoms with Gasteiger partial charge in [0, 0.05) is 6.20 Å². The third-order valence-electron chi connectivity index (χ3n) is 5.02. The van der Waals surface area contributed by atoms with E-state index >= 15 is 0 Å². The van der Waals surface area contributed by atoms with Gasteiger partial charge in [0.05, 0.1) is 6.54 Å². The summed E-state index contributed by atoms with van der Waals surface area (Å²) in [5, 5.41) is 7.22. The van der Waals surface area contributed by atoms with Crippen molar-refractivity contribution >= 4 is 23.3 Å². The van der Waals surface area contributed by atoms with Gasteiger partial charge in [0.1, 0.15) is 29.0 Å². The standard InChI is InChI=1S/C25H23ClFN3O3/c1-16(2)18-5-9-20(10-6-18)32-15-21-11-12-23(33-21)25(31)28-24-22(26)14-30(29-24)13-17-3-7-19(27)8-4-17/h3-12,14,16H,13,15H2,1-2H3,(H,28,29,31). The lowest BCUT2D eigenvalue weighted by molar-refractivity contribution is 0.0992. The molecular weight excluding hydrogens is 445 g/mol. The monoisotopic (exact) mass is 467 g/mol. The van der Waals surface area contributed by atoms with Gasteiger partial charge in [0.25, 0.3) is 5.91 Å². The quantitative estimate of drug-likeness (QED) is 0.331. The Labute approximate surface area is 195 Å². The van der Waals surface area contributed by atoms with Crippen molar-refractivity contribution in [2.24, 2.45) is 0 Å². The number of amides is 1. The Hall–Kier alpha value is -3.58. The molecule has 0 fully saturated rings. The van der Waals surface area contributed by atoms with Crippen molar-refractivity contribution < 1.29 is 18.3 Å². The fraction of sp³-hybridized carbons (Fsp3) is 0.200. The number of benzene rings is 2. The Balaban J connectivity index is 1.34. The number of carbonyl (C=O) groups excluding carboxylic acids is 1. The summed E-state index contributed by atoms with van der Waals surface area (Å²) >= 11 is 6.21. The molecule has 0 saturated carbocycles. The molecule has 0 spiro atoms. The minimum atomic E-state index is -0.475. The van der Waals surface area contributed by atoms with Gasteiger partial charge in [-0.05, 0) is 53.4 Å². The Morgan fingerprint density at radius 1 is 1.12 bits per heavy atom. The van der Waals surface area contributed by atoms with Crippen LogP contribution in [0.5, 0.6) is 5.75 Å². The molecule has 6 nitrogen and oxygen atoms in total. The van der Waals surface area contributed by atoms with Gasteiger partial charge in [-0.15, -0.1) is 0 Å². The number of hydrogen-bond donors (Lipinski definition) is 1. The molecule has 8 heteroatoms. The van der Waals surface area contributed by atoms with Crippen LogP contribution in [0.2, 0.25) is 5.02 Å². The summed E-state index contributed by atoms with van der Waals surface area (Å²) in [6.45, 7) is 4.85. The highest BCUT2D eigenvalue weighted by molar-refractivity contribution is 6.33. The van der Waals surface area contributed by atoms with Crippen LogP contribution >= 0.6 is 11.6 Å². The Morgan fingerprint density at radius 2 is 1.85 bits per heavy atom. The number of furan rings is 1. The minimum absolute atomic E-state index is 0.118. The van der Waals surface area contributed by atoms with Gasteiger partial charge in [-0.1, -0.05) is 49.7 Å². The Morgan fingerprint density at radius 3 is 2.55 bits per heavy atom. The van der Waals surface area contributed by atoms with Crippen LogP contribution in [0.1, 0.15) is 47.2 Å². The highest BCUT2D eigenvalue weighted by Crippen LogP contribution is 2.22. The van der Waals surface area contributed by atoms with Crippen molar-refractivity contribution in [3.8, 4) is 5.75 Å². The molecule has 0 aliphatic heterocycles. The van der Waals surface area contributed by atoms with Crippen LogP contribution in [-0.4, -0.2) is 15.7 Å². The zero-order chi connectivity index (χ0) is 23.4. The molecular formula is C25H23ClFN3O3. The van der Waals surface area contributed by atoms with E-state index in [2.05, 4.69) is 24.3 Å². The molecule has 0 atom stereocenters. The van der Waals surface area contributed by atoms with E-state index < -0.39 is 5.91 Å². The van der Waals surface area contributed by atoms with E-state index in [-0.39, 0.29) is 29.0 Å². The van der Waals surface area contributed by atoms with Crippen LogP contribution in [0.25, 0.3) is 0 Å². The first-order chi connectivity index (χ1) is 15.9. The lowest BCUT2D eigenvalue weighted by Gasteiger charge is -2.08. The molecule has 0 aliphatic carbocycles. The number of hydrogen-bond acceptors (Lipinski definition) is 4. The summed E-state index contributed by atoms with van der Waals surface area (Å²) in [5.41, 5.74) is 2.08. The number of nitrogens with one attached hydrogen (secondary N) is 1. The highest BCUT2D eigenvalue weighted by atomic mass is 35.5. The van der Waals surface area contributed by atoms with Crippen molar-refractivity contribution in [1.82, 2.24) is 9.78 Å². The van der Waals surface area contributed by atoms with Crippen LogP contribution < -0.4 is 10.1 Å². The Bertz CT molecular complexity index is 1230. The topological polar surface area (TPSA) is 69.3 Å². The molecule has 0 unspecified atom stereocenters. The van der Waals surface area contributed by atoms with E-state index in [0.29, 0.717) is 18.2 Å². The third kappa shape index (κ3) is 5.81. The number of ether oxygens (including phenoxy) is 1. The summed E-state index contributed by atoms with van der Waals surface area (Å²) in [4.78, 5) is 12.6. The van der Waals surface area contributed by atoms with Crippen LogP contribution in [0.15, 0.2) is 71.3 Å². The second-order valence-corrected chi connectivity index (χ2v) is 8.29. The van der Waals surface area contributed by atoms with Gasteiger partial charge in [-0.25, -0.2) is 4.39 Å². The first kappa shape index (κ1) is 22.6. The lowest BCUT2D eigenvalue weighted by atomic mass is 10.0. The predicted octanol–water partition coefficient (Wildman–Crippen LogP) is 6.27. The fourth-order valence-electron chi connectivity index (χ4n) is 3.19. The average Bonchev–Trinajstić information content (AvgIpc) is 3.41. The van der Waals surface area contributed by atoms with E-state index in [4.69, 9.17) is 20.8 Å². The maximum atomic E-state index is 13.1. The molecule has 0 saturated heterocycles. The maximum Gasteiger partial charge on any atom is 0.292 e. The molecule has 33 heavy (non-hydrogen) atoms. The maximum absolute atomic E-state index is 13.1. The van der Waals surface area contributed by atoms with Crippen LogP contribution in [-0.2, 0) is 13.2 Å². The van der Waals surface area contributed by atoms with Gasteiger partial charge in [0.15, 0.2) is 11.6 Å². The lowest BCUT2D eigenvalue weighted by Crippen LogP contribution is -2.12. The van der Waals surface area contributed by atoms with E-state index in [9.17, 15) is 9.18 Å². The van der Waals surface area contributed by atoms with E-state index in [1.54, 1.807) is 35.1 Å². The second kappa shape index (κ2) is 9.92. The normalized spacial score (nSPS) is 11.1. The third-order valence-corrected chi connectivity index (χ3v) is 5.30. The summed E-state index contributed by atoms with van der Waals surface area (Å²) < 4.78 is 26.0. The molecule has 0 radical (unpaired) electrons. The van der Waals surface area contributed by atoms with Gasteiger partial charge < -0.3 is 14.5 Å². The largest absolute Gasteiger partial charge is 0.486 e. The number of rotatable bonds is 8. The Kier molecular flexibility index (Phi) is 6.79. The van der Waals surface area contributed by atoms with Crippen molar-refractivity contribution in [3.63, 3.8) is 0 Å². The first-order valence-corrected chi connectivity index (χ1v) is 10.9. The number of anilines is 1. The fourth-order valence-corrected chi connectivity index (χ4v) is 3.39. The molecule has 4 aromatic rings. The van der Waals surface area contributed by atoms with Crippen molar-refractivity contribution in [2.45, 2.75) is 32.9 Å². The first-order valence-electron chi connectivity index (χ1n) is 10.5. The van der Waals surface area contributed by atoms with Crippen molar-refractivity contribution in [2.75, 3.05) is 5.32 Å². The summed E-state index contributed by atoms with van der Waals surface area (Å²) in [6.07, 6.45) is 1.59. The van der Waals surface area contributed by atoms with Crippen LogP contribution in [0.4, 0.5) is 10.2 Å². The number of nitrogens with zero attached hydrogens (tertiary/aromatic N) is 2. The molecule has 0 aliphatic rings. The summed E-state index contributed by atoms with van der Waals surface area (Å²) in [7, 11) is 0. The molecule has 0 bridgehead atoms. The number of aromatic nitrogens is 2. The van der Waals surface area contributed by atoms with Crippen LogP contribution in [0.3, 0.4) is 0 Å². The molecule has 1 amide bonds. The molecule has 1 N–H and O–H groups in total. The molecule has 2 aromatic heterocycles.